The molecule has 0 saturated carbocycles. The van der Waals surface area contributed by atoms with Gasteiger partial charge in [0.05, 0.1) is 12.5 Å². The van der Waals surface area contributed by atoms with Gasteiger partial charge in [-0.15, -0.1) is 10.2 Å². The smallest absolute Gasteiger partial charge is 0.231 e. The lowest BCUT2D eigenvalue weighted by Crippen LogP contribution is -2.30. The van der Waals surface area contributed by atoms with Crippen LogP contribution in [0.3, 0.4) is 0 Å². The van der Waals surface area contributed by atoms with Crippen LogP contribution in [0.2, 0.25) is 0 Å². The number of amides is 2. The summed E-state index contributed by atoms with van der Waals surface area (Å²) in [6.45, 7) is 4.03. The van der Waals surface area contributed by atoms with E-state index in [4.69, 9.17) is 4.74 Å². The van der Waals surface area contributed by atoms with Crippen molar-refractivity contribution in [3.8, 4) is 0 Å². The summed E-state index contributed by atoms with van der Waals surface area (Å²) in [4.78, 5) is 26.4. The van der Waals surface area contributed by atoms with Crippen LogP contribution < -0.4 is 5.32 Å². The fraction of sp³-hybridized carbons (Fsp3) is 0.474. The maximum absolute atomic E-state index is 13.0. The number of nitrogens with one attached hydrogen (secondary N) is 1. The van der Waals surface area contributed by atoms with Gasteiger partial charge in [-0.3, -0.25) is 9.59 Å². The molecule has 28 heavy (non-hydrogen) atoms. The number of anilines is 1. The lowest BCUT2D eigenvalue weighted by molar-refractivity contribution is -0.128. The van der Waals surface area contributed by atoms with Crippen molar-refractivity contribution < 1.29 is 18.7 Å². The molecule has 0 bridgehead atoms. The molecule has 0 aliphatic carbocycles. The van der Waals surface area contributed by atoms with Gasteiger partial charge in [0.1, 0.15) is 10.8 Å². The summed E-state index contributed by atoms with van der Waals surface area (Å²) in [5.41, 5.74) is 0.954. The van der Waals surface area contributed by atoms with E-state index in [0.717, 1.165) is 10.6 Å². The number of likely N-dealkylation sites (tertiary alicyclic amines) is 1. The summed E-state index contributed by atoms with van der Waals surface area (Å²) in [6.07, 6.45) is 1.46. The summed E-state index contributed by atoms with van der Waals surface area (Å²) in [7, 11) is 0. The second-order valence-electron chi connectivity index (χ2n) is 6.55. The molecule has 9 heteroatoms. The summed E-state index contributed by atoms with van der Waals surface area (Å²) in [5.74, 6) is -0.950. The van der Waals surface area contributed by atoms with Crippen molar-refractivity contribution in [2.75, 3.05) is 31.6 Å². The van der Waals surface area contributed by atoms with Crippen molar-refractivity contribution in [1.29, 1.82) is 0 Å². The highest BCUT2D eigenvalue weighted by Gasteiger charge is 2.34. The van der Waals surface area contributed by atoms with E-state index >= 15 is 0 Å². The average molecular weight is 406 g/mol. The Balaban J connectivity index is 1.47. The zero-order chi connectivity index (χ0) is 19.9. The first-order valence-electron chi connectivity index (χ1n) is 9.28. The monoisotopic (exact) mass is 406 g/mol. The molecule has 0 spiro atoms. The lowest BCUT2D eigenvalue weighted by atomic mass is 10.1. The Morgan fingerprint density at radius 1 is 1.32 bits per heavy atom. The third kappa shape index (κ3) is 5.56. The summed E-state index contributed by atoms with van der Waals surface area (Å²) in [5, 5.41) is 12.0. The van der Waals surface area contributed by atoms with Gasteiger partial charge >= 0.3 is 0 Å². The van der Waals surface area contributed by atoms with Gasteiger partial charge in [-0.05, 0) is 31.0 Å². The maximum atomic E-state index is 13.0. The molecule has 2 heterocycles. The number of rotatable bonds is 9. The predicted octanol–water partition coefficient (Wildman–Crippen LogP) is 2.29. The number of halogens is 1. The second kappa shape index (κ2) is 9.70. The zero-order valence-electron chi connectivity index (χ0n) is 15.7. The number of hydrogen-bond acceptors (Lipinski definition) is 6. The first-order valence-corrected chi connectivity index (χ1v) is 10.1. The number of aromatic nitrogens is 2. The first kappa shape index (κ1) is 20.3. The minimum atomic E-state index is -0.406. The Bertz CT molecular complexity index is 812. The molecular weight excluding hydrogens is 383 g/mol. The van der Waals surface area contributed by atoms with Crippen LogP contribution in [-0.2, 0) is 27.2 Å². The highest BCUT2D eigenvalue weighted by Crippen LogP contribution is 2.22. The largest absolute Gasteiger partial charge is 0.381 e. The van der Waals surface area contributed by atoms with E-state index in [1.807, 2.05) is 6.92 Å². The van der Waals surface area contributed by atoms with E-state index in [-0.39, 0.29) is 24.1 Å². The summed E-state index contributed by atoms with van der Waals surface area (Å²) < 4.78 is 18.2. The minimum Gasteiger partial charge on any atom is -0.381 e. The molecule has 1 saturated heterocycles. The number of benzene rings is 1. The number of ether oxygens (including phenoxy) is 1. The zero-order valence-corrected chi connectivity index (χ0v) is 16.5. The third-order valence-electron chi connectivity index (χ3n) is 4.53. The summed E-state index contributed by atoms with van der Waals surface area (Å²) in [6, 6.07) is 6.22. The quantitative estimate of drug-likeness (QED) is 0.646. The van der Waals surface area contributed by atoms with Gasteiger partial charge in [-0.2, -0.15) is 0 Å². The van der Waals surface area contributed by atoms with E-state index in [1.165, 1.54) is 23.5 Å². The normalized spacial score (nSPS) is 16.6. The molecule has 1 aliphatic rings. The fourth-order valence-corrected chi connectivity index (χ4v) is 3.72. The van der Waals surface area contributed by atoms with Crippen molar-refractivity contribution >= 4 is 28.3 Å². The molecule has 0 radical (unpaired) electrons. The van der Waals surface area contributed by atoms with E-state index < -0.39 is 5.92 Å². The third-order valence-corrected chi connectivity index (χ3v) is 5.43. The Morgan fingerprint density at radius 2 is 2.11 bits per heavy atom. The standard InChI is InChI=1S/C19H23FN4O3S/c1-2-27-10-8-16-22-23-19(28-16)21-18(26)14-11-17(25)24(12-14)9-7-13-3-5-15(20)6-4-13/h3-6,14H,2,7-12H2,1H3,(H,21,23,26)/t14-/m1/s1. The lowest BCUT2D eigenvalue weighted by Gasteiger charge is -2.16. The molecule has 7 nitrogen and oxygen atoms in total. The first-order chi connectivity index (χ1) is 13.5. The number of nitrogens with zero attached hydrogens (tertiary/aromatic N) is 3. The summed E-state index contributed by atoms with van der Waals surface area (Å²) >= 11 is 1.32. The van der Waals surface area contributed by atoms with Crippen molar-refractivity contribution in [3.63, 3.8) is 0 Å². The van der Waals surface area contributed by atoms with Crippen LogP contribution in [-0.4, -0.2) is 53.2 Å². The molecule has 0 unspecified atom stereocenters. The van der Waals surface area contributed by atoms with Gasteiger partial charge in [0.15, 0.2) is 0 Å². The SMILES string of the molecule is CCOCCc1nnc(NC(=O)[C@@H]2CC(=O)N(CCc3ccc(F)cc3)C2)s1. The van der Waals surface area contributed by atoms with Crippen LogP contribution in [0.1, 0.15) is 23.9 Å². The maximum Gasteiger partial charge on any atom is 0.231 e. The molecule has 2 amide bonds. The van der Waals surface area contributed by atoms with Crippen LogP contribution in [0, 0.1) is 11.7 Å². The van der Waals surface area contributed by atoms with Gasteiger partial charge < -0.3 is 15.0 Å². The van der Waals surface area contributed by atoms with E-state index in [9.17, 15) is 14.0 Å². The van der Waals surface area contributed by atoms with Crippen LogP contribution >= 0.6 is 11.3 Å². The predicted molar refractivity (Wildman–Crippen MR) is 104 cm³/mol. The van der Waals surface area contributed by atoms with Gasteiger partial charge in [0.2, 0.25) is 16.9 Å². The van der Waals surface area contributed by atoms with E-state index in [0.29, 0.717) is 44.3 Å². The highest BCUT2D eigenvalue weighted by molar-refractivity contribution is 7.15. The molecule has 1 aromatic carbocycles. The van der Waals surface area contributed by atoms with Crippen LogP contribution in [0.4, 0.5) is 9.52 Å². The van der Waals surface area contributed by atoms with E-state index in [2.05, 4.69) is 15.5 Å². The average Bonchev–Trinajstić information content (AvgIpc) is 3.28. The van der Waals surface area contributed by atoms with Crippen LogP contribution in [0.5, 0.6) is 0 Å². The molecule has 150 valence electrons. The van der Waals surface area contributed by atoms with Gasteiger partial charge in [-0.1, -0.05) is 23.5 Å². The van der Waals surface area contributed by atoms with E-state index in [1.54, 1.807) is 17.0 Å². The van der Waals surface area contributed by atoms with Gasteiger partial charge in [0, 0.05) is 32.5 Å². The Kier molecular flexibility index (Phi) is 7.05. The minimum absolute atomic E-state index is 0.0445. The number of hydrogen-bond donors (Lipinski definition) is 1. The molecule has 1 fully saturated rings. The number of carbonyl (C=O) groups excluding carboxylic acids is 2. The van der Waals surface area contributed by atoms with Crippen molar-refractivity contribution in [3.05, 3.63) is 40.7 Å². The molecular formula is C19H23FN4O3S. The Morgan fingerprint density at radius 3 is 2.86 bits per heavy atom. The molecule has 1 aliphatic heterocycles. The Hall–Kier alpha value is -2.39. The van der Waals surface area contributed by atoms with Crippen molar-refractivity contribution in [2.24, 2.45) is 5.92 Å². The van der Waals surface area contributed by atoms with Crippen molar-refractivity contribution in [2.45, 2.75) is 26.2 Å². The fourth-order valence-electron chi connectivity index (χ4n) is 3.00. The van der Waals surface area contributed by atoms with Crippen molar-refractivity contribution in [1.82, 2.24) is 15.1 Å². The molecule has 2 aromatic rings. The van der Waals surface area contributed by atoms with Crippen LogP contribution in [0.25, 0.3) is 0 Å². The number of carbonyl (C=O) groups is 2. The second-order valence-corrected chi connectivity index (χ2v) is 7.62. The van der Waals surface area contributed by atoms with Crippen LogP contribution in [0.15, 0.2) is 24.3 Å². The van der Waals surface area contributed by atoms with Gasteiger partial charge in [-0.25, -0.2) is 4.39 Å². The molecule has 1 N–H and O–H groups in total. The molecule has 3 rings (SSSR count). The molecule has 1 aromatic heterocycles. The Labute approximate surface area is 166 Å². The van der Waals surface area contributed by atoms with Gasteiger partial charge in [0.25, 0.3) is 0 Å². The highest BCUT2D eigenvalue weighted by atomic mass is 32.1. The molecule has 1 atom stereocenters. The topological polar surface area (TPSA) is 84.4 Å².